The zero-order valence-corrected chi connectivity index (χ0v) is 14.2. The Morgan fingerprint density at radius 2 is 1.75 bits per heavy atom. The summed E-state index contributed by atoms with van der Waals surface area (Å²) >= 11 is 0. The fourth-order valence-electron chi connectivity index (χ4n) is 3.07. The van der Waals surface area contributed by atoms with Gasteiger partial charge in [0.05, 0.1) is 0 Å². The fraction of sp³-hybridized carbons (Fsp3) is 0.350. The maximum absolute atomic E-state index is 12.1. The summed E-state index contributed by atoms with van der Waals surface area (Å²) in [7, 11) is 0. The number of hydrogen-bond donors (Lipinski definition) is 1. The predicted octanol–water partition coefficient (Wildman–Crippen LogP) is 3.15. The Morgan fingerprint density at radius 1 is 1.00 bits per heavy atom. The van der Waals surface area contributed by atoms with Gasteiger partial charge in [0.2, 0.25) is 5.91 Å². The van der Waals surface area contributed by atoms with Gasteiger partial charge in [-0.05, 0) is 36.8 Å². The molecule has 0 spiro atoms. The van der Waals surface area contributed by atoms with Crippen LogP contribution in [-0.2, 0) is 4.79 Å². The predicted molar refractivity (Wildman–Crippen MR) is 99.5 cm³/mol. The number of benzene rings is 2. The number of para-hydroxylation sites is 1. The van der Waals surface area contributed by atoms with E-state index in [4.69, 9.17) is 0 Å². The molecule has 1 heterocycles. The van der Waals surface area contributed by atoms with Crippen LogP contribution in [0.1, 0.15) is 12.0 Å². The molecule has 1 fully saturated rings. The maximum atomic E-state index is 12.1. The number of nitrogens with zero attached hydrogens (tertiary/aromatic N) is 2. The van der Waals surface area contributed by atoms with Crippen LogP contribution in [-0.4, -0.2) is 43.5 Å². The van der Waals surface area contributed by atoms with Crippen molar-refractivity contribution in [3.63, 3.8) is 0 Å². The first kappa shape index (κ1) is 16.5. The summed E-state index contributed by atoms with van der Waals surface area (Å²) < 4.78 is 0. The molecule has 2 aromatic carbocycles. The average Bonchev–Trinajstić information content (AvgIpc) is 2.61. The van der Waals surface area contributed by atoms with Crippen molar-refractivity contribution >= 4 is 17.3 Å². The summed E-state index contributed by atoms with van der Waals surface area (Å²) in [4.78, 5) is 16.9. The van der Waals surface area contributed by atoms with Crippen LogP contribution in [0.4, 0.5) is 11.4 Å². The van der Waals surface area contributed by atoms with Gasteiger partial charge in [-0.15, -0.1) is 0 Å². The second-order valence-electron chi connectivity index (χ2n) is 6.33. The van der Waals surface area contributed by atoms with Crippen molar-refractivity contribution in [3.05, 3.63) is 60.2 Å². The SMILES string of the molecule is Cc1cccc(NC(=O)CCN2CCN(c3ccccc3)CC2)c1. The van der Waals surface area contributed by atoms with Crippen LogP contribution >= 0.6 is 0 Å². The molecule has 0 aromatic heterocycles. The van der Waals surface area contributed by atoms with Crippen molar-refractivity contribution in [2.45, 2.75) is 13.3 Å². The summed E-state index contributed by atoms with van der Waals surface area (Å²) in [5.41, 5.74) is 3.33. The highest BCUT2D eigenvalue weighted by Gasteiger charge is 2.17. The van der Waals surface area contributed by atoms with E-state index in [1.807, 2.05) is 37.3 Å². The third-order valence-electron chi connectivity index (χ3n) is 4.45. The molecule has 0 bridgehead atoms. The van der Waals surface area contributed by atoms with Gasteiger partial charge < -0.3 is 10.2 Å². The molecule has 0 aliphatic carbocycles. The minimum atomic E-state index is 0.0890. The number of amides is 1. The summed E-state index contributed by atoms with van der Waals surface area (Å²) in [6.45, 7) is 6.90. The van der Waals surface area contributed by atoms with Crippen LogP contribution in [0.25, 0.3) is 0 Å². The van der Waals surface area contributed by atoms with E-state index in [-0.39, 0.29) is 5.91 Å². The van der Waals surface area contributed by atoms with Crippen molar-refractivity contribution in [1.29, 1.82) is 0 Å². The zero-order chi connectivity index (χ0) is 16.8. The molecule has 126 valence electrons. The molecule has 4 nitrogen and oxygen atoms in total. The number of rotatable bonds is 5. The molecular weight excluding hydrogens is 298 g/mol. The first-order chi connectivity index (χ1) is 11.7. The molecule has 2 aromatic rings. The summed E-state index contributed by atoms with van der Waals surface area (Å²) in [5, 5.41) is 2.98. The highest BCUT2D eigenvalue weighted by Crippen LogP contribution is 2.15. The Labute approximate surface area is 144 Å². The number of carbonyl (C=O) groups is 1. The van der Waals surface area contributed by atoms with Crippen LogP contribution < -0.4 is 10.2 Å². The van der Waals surface area contributed by atoms with Crippen LogP contribution in [0.5, 0.6) is 0 Å². The Morgan fingerprint density at radius 3 is 2.46 bits per heavy atom. The lowest BCUT2D eigenvalue weighted by molar-refractivity contribution is -0.116. The number of aryl methyl sites for hydroxylation is 1. The van der Waals surface area contributed by atoms with Crippen molar-refractivity contribution in [1.82, 2.24) is 4.90 Å². The highest BCUT2D eigenvalue weighted by molar-refractivity contribution is 5.90. The quantitative estimate of drug-likeness (QED) is 0.918. The molecule has 1 saturated heterocycles. The van der Waals surface area contributed by atoms with Crippen molar-refractivity contribution in [3.8, 4) is 0 Å². The van der Waals surface area contributed by atoms with Gasteiger partial charge in [-0.3, -0.25) is 9.69 Å². The number of anilines is 2. The van der Waals surface area contributed by atoms with E-state index in [1.165, 1.54) is 5.69 Å². The highest BCUT2D eigenvalue weighted by atomic mass is 16.1. The minimum Gasteiger partial charge on any atom is -0.369 e. The molecule has 1 N–H and O–H groups in total. The van der Waals surface area contributed by atoms with E-state index in [2.05, 4.69) is 39.4 Å². The Kier molecular flexibility index (Phi) is 5.49. The monoisotopic (exact) mass is 323 g/mol. The molecule has 1 aliphatic heterocycles. The fourth-order valence-corrected chi connectivity index (χ4v) is 3.07. The second-order valence-corrected chi connectivity index (χ2v) is 6.33. The van der Waals surface area contributed by atoms with Crippen molar-refractivity contribution < 1.29 is 4.79 Å². The minimum absolute atomic E-state index is 0.0890. The number of carbonyl (C=O) groups excluding carboxylic acids is 1. The third-order valence-corrected chi connectivity index (χ3v) is 4.45. The zero-order valence-electron chi connectivity index (χ0n) is 14.2. The van der Waals surface area contributed by atoms with E-state index in [9.17, 15) is 4.79 Å². The normalized spacial score (nSPS) is 15.3. The molecule has 24 heavy (non-hydrogen) atoms. The number of piperazine rings is 1. The summed E-state index contributed by atoms with van der Waals surface area (Å²) in [6, 6.07) is 18.5. The second kappa shape index (κ2) is 7.97. The number of nitrogens with one attached hydrogen (secondary N) is 1. The standard InChI is InChI=1S/C20H25N3O/c1-17-6-5-7-18(16-17)21-20(24)10-11-22-12-14-23(15-13-22)19-8-3-2-4-9-19/h2-9,16H,10-15H2,1H3,(H,21,24). The lowest BCUT2D eigenvalue weighted by Gasteiger charge is -2.36. The molecular formula is C20H25N3O. The van der Waals surface area contributed by atoms with E-state index in [1.54, 1.807) is 0 Å². The Bertz CT molecular complexity index is 664. The van der Waals surface area contributed by atoms with Crippen molar-refractivity contribution in [2.24, 2.45) is 0 Å². The molecule has 1 aliphatic rings. The van der Waals surface area contributed by atoms with Gasteiger partial charge in [0, 0.05) is 50.5 Å². The lowest BCUT2D eigenvalue weighted by atomic mass is 10.2. The van der Waals surface area contributed by atoms with Gasteiger partial charge in [0.25, 0.3) is 0 Å². The van der Waals surface area contributed by atoms with Crippen LogP contribution in [0, 0.1) is 6.92 Å². The van der Waals surface area contributed by atoms with Gasteiger partial charge in [-0.1, -0.05) is 30.3 Å². The van der Waals surface area contributed by atoms with E-state index in [0.29, 0.717) is 6.42 Å². The van der Waals surface area contributed by atoms with Gasteiger partial charge in [0.15, 0.2) is 0 Å². The summed E-state index contributed by atoms with van der Waals surface area (Å²) in [6.07, 6.45) is 0.541. The summed E-state index contributed by atoms with van der Waals surface area (Å²) in [5.74, 6) is 0.0890. The maximum Gasteiger partial charge on any atom is 0.225 e. The van der Waals surface area contributed by atoms with E-state index < -0.39 is 0 Å². The molecule has 1 amide bonds. The van der Waals surface area contributed by atoms with E-state index in [0.717, 1.165) is 44.0 Å². The first-order valence-corrected chi connectivity index (χ1v) is 8.59. The van der Waals surface area contributed by atoms with Crippen molar-refractivity contribution in [2.75, 3.05) is 42.9 Å². The number of hydrogen-bond acceptors (Lipinski definition) is 3. The smallest absolute Gasteiger partial charge is 0.225 e. The van der Waals surface area contributed by atoms with Gasteiger partial charge in [-0.2, -0.15) is 0 Å². The molecule has 0 unspecified atom stereocenters. The Hall–Kier alpha value is -2.33. The topological polar surface area (TPSA) is 35.6 Å². The van der Waals surface area contributed by atoms with Gasteiger partial charge in [0.1, 0.15) is 0 Å². The van der Waals surface area contributed by atoms with Crippen LogP contribution in [0.15, 0.2) is 54.6 Å². The van der Waals surface area contributed by atoms with Gasteiger partial charge in [-0.25, -0.2) is 0 Å². The van der Waals surface area contributed by atoms with Crippen LogP contribution in [0.3, 0.4) is 0 Å². The molecule has 0 radical (unpaired) electrons. The lowest BCUT2D eigenvalue weighted by Crippen LogP contribution is -2.47. The molecule has 3 rings (SSSR count). The first-order valence-electron chi connectivity index (χ1n) is 8.59. The average molecular weight is 323 g/mol. The van der Waals surface area contributed by atoms with Gasteiger partial charge >= 0.3 is 0 Å². The molecule has 0 atom stereocenters. The largest absolute Gasteiger partial charge is 0.369 e. The third kappa shape index (κ3) is 4.59. The molecule has 4 heteroatoms. The van der Waals surface area contributed by atoms with Crippen LogP contribution in [0.2, 0.25) is 0 Å². The molecule has 0 saturated carbocycles. The Balaban J connectivity index is 1.41. The van der Waals surface area contributed by atoms with E-state index >= 15 is 0 Å².